The lowest BCUT2D eigenvalue weighted by molar-refractivity contribution is -0.137. The normalized spacial score (nSPS) is 18.0. The number of nitriles is 1. The molecule has 0 aromatic carbocycles. The van der Waals surface area contributed by atoms with Crippen LogP contribution < -0.4 is 11.1 Å². The van der Waals surface area contributed by atoms with E-state index >= 15 is 0 Å². The SMILES string of the molecule is C[C@@H]1CCc2nc3sc(C(=O)Nc4sc5c(c4C#N)CCCC5)c(N)c3c(C(F)(F)F)c2C1. The average molecular weight is 491 g/mol. The summed E-state index contributed by atoms with van der Waals surface area (Å²) in [6.07, 6.45) is 0.603. The van der Waals surface area contributed by atoms with Gasteiger partial charge in [-0.05, 0) is 62.0 Å². The summed E-state index contributed by atoms with van der Waals surface area (Å²) in [5.74, 6) is -0.486. The first-order valence-electron chi connectivity index (χ1n) is 10.9. The van der Waals surface area contributed by atoms with Crippen LogP contribution in [0.2, 0.25) is 0 Å². The van der Waals surface area contributed by atoms with Crippen LogP contribution in [0.25, 0.3) is 10.2 Å². The highest BCUT2D eigenvalue weighted by Gasteiger charge is 2.40. The lowest BCUT2D eigenvalue weighted by atomic mass is 9.84. The number of carbonyl (C=O) groups is 1. The molecular formula is C23H21F3N4OS2. The van der Waals surface area contributed by atoms with E-state index in [1.165, 1.54) is 11.3 Å². The molecule has 3 aromatic heterocycles. The second kappa shape index (κ2) is 7.99. The maximum atomic E-state index is 14.2. The number of amides is 1. The number of nitrogen functional groups attached to an aromatic ring is 1. The van der Waals surface area contributed by atoms with Gasteiger partial charge < -0.3 is 11.1 Å². The largest absolute Gasteiger partial charge is 0.417 e. The maximum Gasteiger partial charge on any atom is 0.417 e. The van der Waals surface area contributed by atoms with Crippen molar-refractivity contribution in [2.45, 2.75) is 58.0 Å². The quantitative estimate of drug-likeness (QED) is 0.455. The van der Waals surface area contributed by atoms with Crippen molar-refractivity contribution in [1.82, 2.24) is 4.98 Å². The van der Waals surface area contributed by atoms with Crippen LogP contribution in [0.4, 0.5) is 23.9 Å². The van der Waals surface area contributed by atoms with Crippen LogP contribution in [0.15, 0.2) is 0 Å². The number of hydrogen-bond acceptors (Lipinski definition) is 6. The van der Waals surface area contributed by atoms with Crippen molar-refractivity contribution in [3.8, 4) is 6.07 Å². The number of rotatable bonds is 2. The van der Waals surface area contributed by atoms with Gasteiger partial charge in [0, 0.05) is 16.0 Å². The fourth-order valence-corrected chi connectivity index (χ4v) is 7.16. The predicted octanol–water partition coefficient (Wildman–Crippen LogP) is 6.09. The first-order chi connectivity index (χ1) is 15.7. The third-order valence-corrected chi connectivity index (χ3v) is 8.80. The summed E-state index contributed by atoms with van der Waals surface area (Å²) in [4.78, 5) is 18.8. The van der Waals surface area contributed by atoms with Crippen molar-refractivity contribution in [2.24, 2.45) is 5.92 Å². The predicted molar refractivity (Wildman–Crippen MR) is 124 cm³/mol. The van der Waals surface area contributed by atoms with Gasteiger partial charge in [0.15, 0.2) is 0 Å². The number of carbonyl (C=O) groups excluding carboxylic acids is 1. The molecule has 3 heterocycles. The van der Waals surface area contributed by atoms with Gasteiger partial charge in [-0.2, -0.15) is 18.4 Å². The molecule has 10 heteroatoms. The Labute approximate surface area is 196 Å². The summed E-state index contributed by atoms with van der Waals surface area (Å²) >= 11 is 2.24. The second-order valence-corrected chi connectivity index (χ2v) is 10.9. The number of hydrogen-bond donors (Lipinski definition) is 2. The van der Waals surface area contributed by atoms with Crippen LogP contribution in [0.3, 0.4) is 0 Å². The number of nitrogens with zero attached hydrogens (tertiary/aromatic N) is 2. The highest BCUT2D eigenvalue weighted by atomic mass is 32.1. The van der Waals surface area contributed by atoms with Crippen LogP contribution in [0, 0.1) is 17.2 Å². The number of nitrogens with two attached hydrogens (primary N) is 1. The Hall–Kier alpha value is -2.64. The Kier molecular flexibility index (Phi) is 5.37. The molecule has 1 amide bonds. The van der Waals surface area contributed by atoms with E-state index in [1.54, 1.807) is 0 Å². The number of aromatic nitrogens is 1. The molecule has 0 aliphatic heterocycles. The van der Waals surface area contributed by atoms with Crippen molar-refractivity contribution in [3.63, 3.8) is 0 Å². The third-order valence-electron chi connectivity index (χ3n) is 6.49. The molecule has 2 aliphatic carbocycles. The summed E-state index contributed by atoms with van der Waals surface area (Å²) in [5.41, 5.74) is 7.27. The van der Waals surface area contributed by atoms with Gasteiger partial charge in [-0.15, -0.1) is 22.7 Å². The summed E-state index contributed by atoms with van der Waals surface area (Å²) in [6, 6.07) is 2.18. The molecule has 0 fully saturated rings. The highest BCUT2D eigenvalue weighted by molar-refractivity contribution is 7.21. The van der Waals surface area contributed by atoms with Crippen molar-refractivity contribution in [2.75, 3.05) is 11.1 Å². The number of pyridine rings is 1. The number of nitrogens with one attached hydrogen (secondary N) is 1. The summed E-state index contributed by atoms with van der Waals surface area (Å²) in [7, 11) is 0. The number of fused-ring (bicyclic) bond motifs is 3. The Balaban J connectivity index is 1.60. The number of anilines is 2. The van der Waals surface area contributed by atoms with Crippen molar-refractivity contribution < 1.29 is 18.0 Å². The highest BCUT2D eigenvalue weighted by Crippen LogP contribution is 2.47. The van der Waals surface area contributed by atoms with Gasteiger partial charge in [-0.25, -0.2) is 4.98 Å². The number of aryl methyl sites for hydroxylation is 2. The first-order valence-corrected chi connectivity index (χ1v) is 12.5. The van der Waals surface area contributed by atoms with Crippen LogP contribution in [-0.4, -0.2) is 10.9 Å². The van der Waals surface area contributed by atoms with Crippen LogP contribution in [0.1, 0.15) is 68.7 Å². The number of alkyl halides is 3. The lowest BCUT2D eigenvalue weighted by Gasteiger charge is -2.25. The summed E-state index contributed by atoms with van der Waals surface area (Å²) < 4.78 is 42.6. The summed E-state index contributed by atoms with van der Waals surface area (Å²) in [5, 5.41) is 12.6. The Bertz CT molecular complexity index is 1330. The van der Waals surface area contributed by atoms with Gasteiger partial charge in [0.1, 0.15) is 20.8 Å². The zero-order valence-electron chi connectivity index (χ0n) is 17.9. The molecule has 5 nitrogen and oxygen atoms in total. The fraction of sp³-hybridized carbons (Fsp3) is 0.435. The molecular weight excluding hydrogens is 469 g/mol. The summed E-state index contributed by atoms with van der Waals surface area (Å²) in [6.45, 7) is 1.93. The maximum absolute atomic E-state index is 14.2. The fourth-order valence-electron chi connectivity index (χ4n) is 4.91. The van der Waals surface area contributed by atoms with E-state index in [9.17, 15) is 23.2 Å². The minimum atomic E-state index is -4.61. The Morgan fingerprint density at radius 2 is 1.97 bits per heavy atom. The molecule has 0 unspecified atom stereocenters. The molecule has 3 aromatic rings. The van der Waals surface area contributed by atoms with E-state index in [2.05, 4.69) is 16.4 Å². The molecule has 2 aliphatic rings. The van der Waals surface area contributed by atoms with E-state index in [4.69, 9.17) is 5.73 Å². The van der Waals surface area contributed by atoms with Gasteiger partial charge in [0.2, 0.25) is 0 Å². The van der Waals surface area contributed by atoms with Crippen molar-refractivity contribution in [1.29, 1.82) is 5.26 Å². The Morgan fingerprint density at radius 1 is 1.21 bits per heavy atom. The second-order valence-electron chi connectivity index (χ2n) is 8.76. The van der Waals surface area contributed by atoms with E-state index in [-0.39, 0.29) is 38.7 Å². The van der Waals surface area contributed by atoms with Crippen molar-refractivity contribution >= 4 is 49.5 Å². The molecule has 33 heavy (non-hydrogen) atoms. The standard InChI is InChI=1S/C23H21F3N4OS2/c1-10-6-7-14-12(8-10)17(23(24,25)26)16-18(28)19(33-22(16)29-14)20(31)30-21-13(9-27)11-4-2-3-5-15(11)32-21/h10H,2-8,28H2,1H3,(H,30,31)/t10-/m1/s1. The van der Waals surface area contributed by atoms with E-state index in [0.717, 1.165) is 53.9 Å². The zero-order chi connectivity index (χ0) is 23.5. The van der Waals surface area contributed by atoms with Crippen LogP contribution in [-0.2, 0) is 31.9 Å². The van der Waals surface area contributed by atoms with E-state index in [0.29, 0.717) is 22.7 Å². The van der Waals surface area contributed by atoms with Gasteiger partial charge in [0.25, 0.3) is 5.91 Å². The lowest BCUT2D eigenvalue weighted by Crippen LogP contribution is -2.20. The number of thiophene rings is 2. The first kappa shape index (κ1) is 22.2. The average Bonchev–Trinajstić information content (AvgIpc) is 3.28. The monoisotopic (exact) mass is 490 g/mol. The van der Waals surface area contributed by atoms with Crippen molar-refractivity contribution in [3.05, 3.63) is 37.7 Å². The smallest absolute Gasteiger partial charge is 0.397 e. The molecule has 1 atom stereocenters. The van der Waals surface area contributed by atoms with Crippen LogP contribution in [0.5, 0.6) is 0 Å². The molecule has 0 radical (unpaired) electrons. The molecule has 0 bridgehead atoms. The minimum absolute atomic E-state index is 0.00587. The molecule has 0 saturated heterocycles. The molecule has 172 valence electrons. The van der Waals surface area contributed by atoms with E-state index in [1.807, 2.05) is 6.92 Å². The molecule has 0 spiro atoms. The van der Waals surface area contributed by atoms with E-state index < -0.39 is 17.6 Å². The number of halogens is 3. The zero-order valence-corrected chi connectivity index (χ0v) is 19.5. The topological polar surface area (TPSA) is 91.8 Å². The van der Waals surface area contributed by atoms with Gasteiger partial charge in [-0.3, -0.25) is 4.79 Å². The van der Waals surface area contributed by atoms with Gasteiger partial charge in [-0.1, -0.05) is 6.92 Å². The third kappa shape index (κ3) is 3.67. The van der Waals surface area contributed by atoms with Gasteiger partial charge >= 0.3 is 6.18 Å². The Morgan fingerprint density at radius 3 is 2.70 bits per heavy atom. The van der Waals surface area contributed by atoms with Crippen LogP contribution >= 0.6 is 22.7 Å². The molecule has 3 N–H and O–H groups in total. The molecule has 5 rings (SSSR count). The van der Waals surface area contributed by atoms with Gasteiger partial charge in [0.05, 0.1) is 16.8 Å². The molecule has 0 saturated carbocycles. The minimum Gasteiger partial charge on any atom is -0.397 e.